The molecule has 6 nitrogen and oxygen atoms in total. The van der Waals surface area contributed by atoms with Crippen LogP contribution in [0.2, 0.25) is 0 Å². The fourth-order valence-corrected chi connectivity index (χ4v) is 2.03. The highest BCUT2D eigenvalue weighted by molar-refractivity contribution is 5.78. The first kappa shape index (κ1) is 13.0. The molecule has 1 aliphatic heterocycles. The van der Waals surface area contributed by atoms with Crippen molar-refractivity contribution >= 4 is 5.91 Å². The number of amides is 1. The lowest BCUT2D eigenvalue weighted by molar-refractivity contribution is -0.132. The highest BCUT2D eigenvalue weighted by atomic mass is 16.2. The molecule has 0 aromatic carbocycles. The molecule has 1 fully saturated rings. The Morgan fingerprint density at radius 1 is 1.44 bits per heavy atom. The summed E-state index contributed by atoms with van der Waals surface area (Å²) in [6.45, 7) is 5.60. The van der Waals surface area contributed by atoms with Gasteiger partial charge in [-0.2, -0.15) is 5.10 Å². The minimum Gasteiger partial charge on any atom is -0.339 e. The lowest BCUT2D eigenvalue weighted by Gasteiger charge is -2.29. The van der Waals surface area contributed by atoms with Gasteiger partial charge in [-0.15, -0.1) is 0 Å². The molecule has 1 amide bonds. The Labute approximate surface area is 108 Å². The summed E-state index contributed by atoms with van der Waals surface area (Å²) in [6, 6.07) is 1.91. The van der Waals surface area contributed by atoms with Crippen molar-refractivity contribution < 1.29 is 4.79 Å². The van der Waals surface area contributed by atoms with E-state index in [9.17, 15) is 4.79 Å². The van der Waals surface area contributed by atoms with Crippen LogP contribution in [-0.4, -0.2) is 71.8 Å². The van der Waals surface area contributed by atoms with E-state index in [4.69, 9.17) is 0 Å². The first-order chi connectivity index (χ1) is 8.75. The third-order valence-electron chi connectivity index (χ3n) is 3.14. The highest BCUT2D eigenvalue weighted by Crippen LogP contribution is 1.96. The molecule has 1 N–H and O–H groups in total. The van der Waals surface area contributed by atoms with Crippen LogP contribution in [0, 0.1) is 0 Å². The third kappa shape index (κ3) is 3.82. The molecule has 2 heterocycles. The van der Waals surface area contributed by atoms with Crippen molar-refractivity contribution in [3.8, 4) is 0 Å². The summed E-state index contributed by atoms with van der Waals surface area (Å²) in [6.07, 6.45) is 3.71. The molecule has 1 aromatic rings. The van der Waals surface area contributed by atoms with Gasteiger partial charge in [-0.05, 0) is 13.1 Å². The van der Waals surface area contributed by atoms with Gasteiger partial charge in [0.15, 0.2) is 0 Å². The second-order valence-electron chi connectivity index (χ2n) is 4.64. The van der Waals surface area contributed by atoms with Gasteiger partial charge in [0.2, 0.25) is 5.91 Å². The van der Waals surface area contributed by atoms with Gasteiger partial charge in [-0.1, -0.05) is 0 Å². The first-order valence-corrected chi connectivity index (χ1v) is 6.40. The number of rotatable bonds is 5. The van der Waals surface area contributed by atoms with Crippen LogP contribution in [0.15, 0.2) is 18.5 Å². The molecule has 0 aliphatic carbocycles. The van der Waals surface area contributed by atoms with Crippen LogP contribution in [0.5, 0.6) is 0 Å². The van der Waals surface area contributed by atoms with Crippen molar-refractivity contribution in [1.82, 2.24) is 24.9 Å². The molecule has 0 saturated carbocycles. The topological polar surface area (TPSA) is 53.4 Å². The summed E-state index contributed by atoms with van der Waals surface area (Å²) < 4.78 is 1.88. The van der Waals surface area contributed by atoms with Crippen molar-refractivity contribution in [1.29, 1.82) is 0 Å². The molecule has 100 valence electrons. The Morgan fingerprint density at radius 2 is 2.22 bits per heavy atom. The molecular weight excluding hydrogens is 230 g/mol. The molecule has 0 unspecified atom stereocenters. The number of aromatic nitrogens is 2. The van der Waals surface area contributed by atoms with E-state index in [0.717, 1.165) is 39.3 Å². The summed E-state index contributed by atoms with van der Waals surface area (Å²) in [5.74, 6) is 0.222. The number of carbonyl (C=O) groups is 1. The summed E-state index contributed by atoms with van der Waals surface area (Å²) in [4.78, 5) is 16.0. The standard InChI is InChI=1S/C12H21N5O/c1-15(9-10-17-6-2-3-14-17)11-12(18)16-7-4-13-5-8-16/h2-3,6,13H,4-5,7-11H2,1H3. The fraction of sp³-hybridized carbons (Fsp3) is 0.667. The molecular formula is C12H21N5O. The molecule has 1 aromatic heterocycles. The van der Waals surface area contributed by atoms with Crippen molar-refractivity contribution in [3.05, 3.63) is 18.5 Å². The third-order valence-corrected chi connectivity index (χ3v) is 3.14. The Kier molecular flexibility index (Phi) is 4.72. The Morgan fingerprint density at radius 3 is 2.89 bits per heavy atom. The van der Waals surface area contributed by atoms with Crippen molar-refractivity contribution in [3.63, 3.8) is 0 Å². The van der Waals surface area contributed by atoms with Crippen LogP contribution < -0.4 is 5.32 Å². The van der Waals surface area contributed by atoms with Crippen LogP contribution in [-0.2, 0) is 11.3 Å². The average Bonchev–Trinajstić information content (AvgIpc) is 2.90. The van der Waals surface area contributed by atoms with Crippen LogP contribution >= 0.6 is 0 Å². The number of nitrogens with one attached hydrogen (secondary N) is 1. The van der Waals surface area contributed by atoms with E-state index in [1.807, 2.05) is 33.8 Å². The van der Waals surface area contributed by atoms with Gasteiger partial charge in [-0.25, -0.2) is 0 Å². The van der Waals surface area contributed by atoms with Gasteiger partial charge >= 0.3 is 0 Å². The van der Waals surface area contributed by atoms with E-state index in [2.05, 4.69) is 10.4 Å². The lowest BCUT2D eigenvalue weighted by atomic mass is 10.3. The van der Waals surface area contributed by atoms with E-state index in [1.54, 1.807) is 6.20 Å². The van der Waals surface area contributed by atoms with Crippen LogP contribution in [0.3, 0.4) is 0 Å². The van der Waals surface area contributed by atoms with E-state index in [1.165, 1.54) is 0 Å². The van der Waals surface area contributed by atoms with Crippen LogP contribution in [0.25, 0.3) is 0 Å². The zero-order valence-corrected chi connectivity index (χ0v) is 10.9. The molecule has 1 aliphatic rings. The molecule has 0 bridgehead atoms. The molecule has 0 radical (unpaired) electrons. The molecule has 0 spiro atoms. The summed E-state index contributed by atoms with van der Waals surface area (Å²) in [5.41, 5.74) is 0. The first-order valence-electron chi connectivity index (χ1n) is 6.40. The molecule has 0 atom stereocenters. The average molecular weight is 251 g/mol. The molecule has 2 rings (SSSR count). The number of hydrogen-bond donors (Lipinski definition) is 1. The SMILES string of the molecule is CN(CCn1cccn1)CC(=O)N1CCNCC1. The van der Waals surface area contributed by atoms with E-state index in [0.29, 0.717) is 6.54 Å². The maximum atomic E-state index is 12.0. The number of likely N-dealkylation sites (N-methyl/N-ethyl adjacent to an activating group) is 1. The second kappa shape index (κ2) is 6.51. The normalized spacial score (nSPS) is 16.2. The summed E-state index contributed by atoms with van der Waals surface area (Å²) >= 11 is 0. The highest BCUT2D eigenvalue weighted by Gasteiger charge is 2.17. The monoisotopic (exact) mass is 251 g/mol. The second-order valence-corrected chi connectivity index (χ2v) is 4.64. The number of piperazine rings is 1. The zero-order chi connectivity index (χ0) is 12.8. The molecule has 6 heteroatoms. The predicted octanol–water partition coefficient (Wildman–Crippen LogP) is -0.753. The zero-order valence-electron chi connectivity index (χ0n) is 10.9. The molecule has 18 heavy (non-hydrogen) atoms. The van der Waals surface area contributed by atoms with Gasteiger partial charge in [0.05, 0.1) is 13.1 Å². The Bertz CT molecular complexity index is 359. The quantitative estimate of drug-likeness (QED) is 0.748. The van der Waals surface area contributed by atoms with Crippen molar-refractivity contribution in [2.24, 2.45) is 0 Å². The smallest absolute Gasteiger partial charge is 0.236 e. The van der Waals surface area contributed by atoms with E-state index in [-0.39, 0.29) is 5.91 Å². The predicted molar refractivity (Wildman–Crippen MR) is 69.2 cm³/mol. The fourth-order valence-electron chi connectivity index (χ4n) is 2.03. The minimum atomic E-state index is 0.222. The van der Waals surface area contributed by atoms with Gasteiger partial charge in [0.1, 0.15) is 0 Å². The van der Waals surface area contributed by atoms with E-state index < -0.39 is 0 Å². The number of hydrogen-bond acceptors (Lipinski definition) is 4. The maximum Gasteiger partial charge on any atom is 0.236 e. The Balaban J connectivity index is 1.69. The van der Waals surface area contributed by atoms with Gasteiger partial charge in [0, 0.05) is 45.1 Å². The van der Waals surface area contributed by atoms with Crippen LogP contribution in [0.1, 0.15) is 0 Å². The molecule has 1 saturated heterocycles. The van der Waals surface area contributed by atoms with Crippen molar-refractivity contribution in [2.75, 3.05) is 46.3 Å². The summed E-state index contributed by atoms with van der Waals surface area (Å²) in [5, 5.41) is 7.39. The number of carbonyl (C=O) groups excluding carboxylic acids is 1. The summed E-state index contributed by atoms with van der Waals surface area (Å²) in [7, 11) is 1.98. The van der Waals surface area contributed by atoms with Crippen molar-refractivity contribution in [2.45, 2.75) is 6.54 Å². The van der Waals surface area contributed by atoms with Gasteiger partial charge in [-0.3, -0.25) is 14.4 Å². The van der Waals surface area contributed by atoms with Gasteiger partial charge < -0.3 is 10.2 Å². The number of nitrogens with zero attached hydrogens (tertiary/aromatic N) is 4. The van der Waals surface area contributed by atoms with Gasteiger partial charge in [0.25, 0.3) is 0 Å². The van der Waals surface area contributed by atoms with E-state index >= 15 is 0 Å². The minimum absolute atomic E-state index is 0.222. The largest absolute Gasteiger partial charge is 0.339 e. The lowest BCUT2D eigenvalue weighted by Crippen LogP contribution is -2.49. The Hall–Kier alpha value is -1.40. The maximum absolute atomic E-state index is 12.0. The van der Waals surface area contributed by atoms with Crippen LogP contribution in [0.4, 0.5) is 0 Å².